The van der Waals surface area contributed by atoms with Gasteiger partial charge < -0.3 is 0 Å². The van der Waals surface area contributed by atoms with Crippen molar-refractivity contribution in [3.8, 4) is 0 Å². The van der Waals surface area contributed by atoms with Gasteiger partial charge in [0.05, 0.1) is 22.3 Å². The lowest BCUT2D eigenvalue weighted by Crippen LogP contribution is -2.17. The molecular weight excluding hydrogens is 444 g/mol. The summed E-state index contributed by atoms with van der Waals surface area (Å²) in [5.41, 5.74) is 6.03. The fraction of sp³-hybridized carbons (Fsp3) is 0.273. The number of non-ortho nitro benzene ring substituents is 2. The molecule has 2 aromatic rings. The van der Waals surface area contributed by atoms with E-state index in [1.54, 1.807) is 0 Å². The van der Waals surface area contributed by atoms with Gasteiger partial charge >= 0.3 is 0 Å². The lowest BCUT2D eigenvalue weighted by atomic mass is 10.1. The zero-order chi connectivity index (χ0) is 24.8. The zero-order valence-electron chi connectivity index (χ0n) is 18.3. The van der Waals surface area contributed by atoms with Gasteiger partial charge in [0.15, 0.2) is 0 Å². The maximum absolute atomic E-state index is 11.8. The average molecular weight is 468 g/mol. The van der Waals surface area contributed by atoms with Gasteiger partial charge in [0.2, 0.25) is 11.8 Å². The summed E-state index contributed by atoms with van der Waals surface area (Å²) in [5.74, 6) is -0.479. The van der Waals surface area contributed by atoms with Crippen LogP contribution in [0.15, 0.2) is 58.7 Å². The van der Waals surface area contributed by atoms with Crippen LogP contribution >= 0.6 is 0 Å². The lowest BCUT2D eigenvalue weighted by molar-refractivity contribution is -0.385. The first-order valence-electron chi connectivity index (χ1n) is 10.5. The zero-order valence-corrected chi connectivity index (χ0v) is 18.3. The number of amides is 2. The first-order chi connectivity index (χ1) is 16.3. The van der Waals surface area contributed by atoms with E-state index in [4.69, 9.17) is 0 Å². The number of nitro benzene ring substituents is 2. The van der Waals surface area contributed by atoms with Crippen molar-refractivity contribution in [3.05, 3.63) is 79.9 Å². The monoisotopic (exact) mass is 468 g/mol. The summed E-state index contributed by atoms with van der Waals surface area (Å²) in [5, 5.41) is 28.9. The van der Waals surface area contributed by atoms with Crippen LogP contribution < -0.4 is 10.9 Å². The molecule has 2 aromatic carbocycles. The molecule has 0 heterocycles. The number of unbranched alkanes of at least 4 members (excludes halogenated alkanes) is 3. The van der Waals surface area contributed by atoms with Crippen LogP contribution in [0.3, 0.4) is 0 Å². The molecule has 0 aliphatic heterocycles. The summed E-state index contributed by atoms with van der Waals surface area (Å²) in [6.07, 6.45) is 6.26. The quantitative estimate of drug-likeness (QED) is 0.197. The van der Waals surface area contributed by atoms with Crippen LogP contribution in [0.5, 0.6) is 0 Å². The van der Waals surface area contributed by atoms with Gasteiger partial charge in [-0.1, -0.05) is 12.8 Å². The average Bonchev–Trinajstić information content (AvgIpc) is 2.82. The smallest absolute Gasteiger partial charge is 0.269 e. The Labute approximate surface area is 195 Å². The Morgan fingerprint density at radius 2 is 1.03 bits per heavy atom. The molecule has 2 amide bonds. The highest BCUT2D eigenvalue weighted by Crippen LogP contribution is 2.11. The highest BCUT2D eigenvalue weighted by Gasteiger charge is 2.05. The first-order valence-corrected chi connectivity index (χ1v) is 10.5. The minimum atomic E-state index is -0.492. The van der Waals surface area contributed by atoms with Crippen LogP contribution in [0.25, 0.3) is 0 Å². The standard InChI is InChI=1S/C22H24N6O6/c29-21(25-23-15-17-7-11-19(12-8-17)27(31)32)5-3-1-2-4-6-22(30)26-24-16-18-9-13-20(14-10-18)28(33)34/h7-16H,1-6H2,(H,25,29)(H,26,30)/b23-15+,24-16+. The predicted octanol–water partition coefficient (Wildman–Crippen LogP) is 3.44. The highest BCUT2D eigenvalue weighted by molar-refractivity contribution is 5.83. The maximum atomic E-state index is 11.8. The SMILES string of the molecule is O=C(CCCCCCC(=O)N/N=C/c1ccc([N+](=O)[O-])cc1)N/N=C/c1ccc([N+](=O)[O-])cc1. The van der Waals surface area contributed by atoms with Gasteiger partial charge in [-0.3, -0.25) is 29.8 Å². The van der Waals surface area contributed by atoms with Crippen molar-refractivity contribution in [2.45, 2.75) is 38.5 Å². The number of benzene rings is 2. The van der Waals surface area contributed by atoms with Crippen LogP contribution in [-0.2, 0) is 9.59 Å². The molecule has 0 saturated carbocycles. The summed E-state index contributed by atoms with van der Waals surface area (Å²) in [6, 6.07) is 11.6. The Kier molecular flexibility index (Phi) is 10.5. The molecule has 0 atom stereocenters. The fourth-order valence-electron chi connectivity index (χ4n) is 2.76. The van der Waals surface area contributed by atoms with Gasteiger partial charge in [-0.15, -0.1) is 0 Å². The molecule has 0 aliphatic rings. The second-order valence-corrected chi connectivity index (χ2v) is 7.20. The number of rotatable bonds is 13. The molecule has 12 heteroatoms. The van der Waals surface area contributed by atoms with E-state index in [1.165, 1.54) is 61.0 Å². The molecule has 0 spiro atoms. The molecule has 0 aliphatic carbocycles. The third-order valence-corrected chi connectivity index (χ3v) is 4.57. The number of hydrazone groups is 2. The number of carbonyl (C=O) groups excluding carboxylic acids is 2. The minimum Gasteiger partial charge on any atom is -0.273 e. The first kappa shape index (κ1) is 25.8. The van der Waals surface area contributed by atoms with Crippen LogP contribution in [0.1, 0.15) is 49.7 Å². The summed E-state index contributed by atoms with van der Waals surface area (Å²) in [7, 11) is 0. The van der Waals surface area contributed by atoms with Gasteiger partial charge in [-0.2, -0.15) is 10.2 Å². The molecule has 12 nitrogen and oxygen atoms in total. The van der Waals surface area contributed by atoms with Gasteiger partial charge in [-0.25, -0.2) is 10.9 Å². The van der Waals surface area contributed by atoms with Crippen LogP contribution in [0.4, 0.5) is 11.4 Å². The van der Waals surface area contributed by atoms with E-state index >= 15 is 0 Å². The van der Waals surface area contributed by atoms with Gasteiger partial charge in [0, 0.05) is 37.1 Å². The van der Waals surface area contributed by atoms with Gasteiger partial charge in [-0.05, 0) is 48.2 Å². The van der Waals surface area contributed by atoms with Crippen molar-refractivity contribution in [2.24, 2.45) is 10.2 Å². The number of hydrogen-bond acceptors (Lipinski definition) is 8. The van der Waals surface area contributed by atoms with E-state index in [9.17, 15) is 29.8 Å². The molecule has 0 fully saturated rings. The fourth-order valence-corrected chi connectivity index (χ4v) is 2.76. The molecule has 0 radical (unpaired) electrons. The third kappa shape index (κ3) is 9.77. The second-order valence-electron chi connectivity index (χ2n) is 7.20. The van der Waals surface area contributed by atoms with E-state index in [-0.39, 0.29) is 23.2 Å². The largest absolute Gasteiger partial charge is 0.273 e. The van der Waals surface area contributed by atoms with E-state index in [0.717, 1.165) is 12.8 Å². The van der Waals surface area contributed by atoms with E-state index < -0.39 is 9.85 Å². The van der Waals surface area contributed by atoms with E-state index in [2.05, 4.69) is 21.1 Å². The second kappa shape index (κ2) is 13.8. The van der Waals surface area contributed by atoms with Crippen molar-refractivity contribution in [1.29, 1.82) is 0 Å². The summed E-state index contributed by atoms with van der Waals surface area (Å²) < 4.78 is 0. The van der Waals surface area contributed by atoms with Gasteiger partial charge in [0.25, 0.3) is 11.4 Å². The summed E-state index contributed by atoms with van der Waals surface area (Å²) in [4.78, 5) is 43.8. The third-order valence-electron chi connectivity index (χ3n) is 4.57. The normalized spacial score (nSPS) is 10.9. The number of hydrogen-bond donors (Lipinski definition) is 2. The Morgan fingerprint density at radius 1 is 0.676 bits per heavy atom. The molecule has 0 saturated heterocycles. The molecule has 2 N–H and O–H groups in total. The molecule has 0 aromatic heterocycles. The van der Waals surface area contributed by atoms with Crippen LogP contribution in [0.2, 0.25) is 0 Å². The number of nitro groups is 2. The highest BCUT2D eigenvalue weighted by atomic mass is 16.6. The molecule has 178 valence electrons. The minimum absolute atomic E-state index is 0.0198. The maximum Gasteiger partial charge on any atom is 0.269 e. The molecule has 0 unspecified atom stereocenters. The van der Waals surface area contributed by atoms with E-state index in [0.29, 0.717) is 36.8 Å². The predicted molar refractivity (Wildman–Crippen MR) is 125 cm³/mol. The van der Waals surface area contributed by atoms with Crippen molar-refractivity contribution in [3.63, 3.8) is 0 Å². The van der Waals surface area contributed by atoms with Crippen LogP contribution in [-0.4, -0.2) is 34.1 Å². The number of nitrogens with one attached hydrogen (secondary N) is 2. The molecular formula is C22H24N6O6. The Bertz CT molecular complexity index is 965. The summed E-state index contributed by atoms with van der Waals surface area (Å²) in [6.45, 7) is 0. The summed E-state index contributed by atoms with van der Waals surface area (Å²) >= 11 is 0. The Balaban J connectivity index is 1.53. The van der Waals surface area contributed by atoms with Gasteiger partial charge in [0.1, 0.15) is 0 Å². The van der Waals surface area contributed by atoms with Crippen molar-refractivity contribution in [1.82, 2.24) is 10.9 Å². The van der Waals surface area contributed by atoms with E-state index in [1.807, 2.05) is 0 Å². The molecule has 2 rings (SSSR count). The van der Waals surface area contributed by atoms with Crippen LogP contribution in [0, 0.1) is 20.2 Å². The number of nitrogens with zero attached hydrogens (tertiary/aromatic N) is 4. The Morgan fingerprint density at radius 3 is 1.35 bits per heavy atom. The molecule has 0 bridgehead atoms. The van der Waals surface area contributed by atoms with Crippen molar-refractivity contribution >= 4 is 35.6 Å². The van der Waals surface area contributed by atoms with Crippen molar-refractivity contribution in [2.75, 3.05) is 0 Å². The topological polar surface area (TPSA) is 169 Å². The number of carbonyl (C=O) groups is 2. The Hall–Kier alpha value is -4.48. The lowest BCUT2D eigenvalue weighted by Gasteiger charge is -2.02. The van der Waals surface area contributed by atoms with Crippen molar-refractivity contribution < 1.29 is 19.4 Å². The molecule has 34 heavy (non-hydrogen) atoms.